The summed E-state index contributed by atoms with van der Waals surface area (Å²) in [4.78, 5) is 43.8. The van der Waals surface area contributed by atoms with Crippen LogP contribution in [0.2, 0.25) is 0 Å². The van der Waals surface area contributed by atoms with Gasteiger partial charge < -0.3 is 19.4 Å². The molecule has 2 heterocycles. The summed E-state index contributed by atoms with van der Waals surface area (Å²) in [5.41, 5.74) is 3.64. The fourth-order valence-corrected chi connectivity index (χ4v) is 7.35. The lowest BCUT2D eigenvalue weighted by Gasteiger charge is -2.11. The number of nitrogens with one attached hydrogen (secondary N) is 1. The van der Waals surface area contributed by atoms with E-state index >= 15 is 0 Å². The number of carbonyl (C=O) groups is 3. The average molecular weight is 562 g/mol. The molecule has 0 bridgehead atoms. The second-order valence-corrected chi connectivity index (χ2v) is 11.8. The van der Waals surface area contributed by atoms with Crippen LogP contribution in [0.3, 0.4) is 0 Å². The topological polar surface area (TPSA) is 99.0 Å². The van der Waals surface area contributed by atoms with Crippen LogP contribution in [0.25, 0.3) is 10.2 Å². The van der Waals surface area contributed by atoms with E-state index in [2.05, 4.69) is 16.4 Å². The van der Waals surface area contributed by atoms with Crippen molar-refractivity contribution in [1.82, 2.24) is 4.57 Å². The van der Waals surface area contributed by atoms with Crippen molar-refractivity contribution in [3.05, 3.63) is 44.6 Å². The van der Waals surface area contributed by atoms with Crippen LogP contribution in [0.1, 0.15) is 46.1 Å². The first-order valence-corrected chi connectivity index (χ1v) is 15.1. The lowest BCUT2D eigenvalue weighted by Crippen LogP contribution is -2.20. The van der Waals surface area contributed by atoms with Crippen molar-refractivity contribution in [1.29, 1.82) is 0 Å². The molecular weight excluding hydrogens is 531 g/mol. The maximum atomic E-state index is 12.7. The van der Waals surface area contributed by atoms with Gasteiger partial charge in [-0.05, 0) is 62.8 Å². The molecule has 0 fully saturated rings. The molecule has 0 unspecified atom stereocenters. The Labute approximate surface area is 228 Å². The van der Waals surface area contributed by atoms with Crippen LogP contribution < -0.4 is 10.1 Å². The Morgan fingerprint density at radius 3 is 2.76 bits per heavy atom. The van der Waals surface area contributed by atoms with Crippen molar-refractivity contribution in [2.75, 3.05) is 37.1 Å². The van der Waals surface area contributed by atoms with Gasteiger partial charge in [-0.3, -0.25) is 9.59 Å². The molecule has 0 aliphatic heterocycles. The van der Waals surface area contributed by atoms with E-state index in [9.17, 15) is 14.4 Å². The van der Waals surface area contributed by atoms with Gasteiger partial charge in [0, 0.05) is 18.0 Å². The minimum Gasteiger partial charge on any atom is -0.465 e. The van der Waals surface area contributed by atoms with Crippen molar-refractivity contribution in [2.45, 2.75) is 46.1 Å². The predicted molar refractivity (Wildman–Crippen MR) is 150 cm³/mol. The number of benzene rings is 1. The summed E-state index contributed by atoms with van der Waals surface area (Å²) in [5, 5.41) is 3.41. The fourth-order valence-electron chi connectivity index (χ4n) is 4.29. The first-order chi connectivity index (χ1) is 17.9. The molecule has 1 aliphatic rings. The predicted octanol–water partition coefficient (Wildman–Crippen LogP) is 4.57. The Morgan fingerprint density at radius 2 is 1.97 bits per heavy atom. The zero-order valence-corrected chi connectivity index (χ0v) is 23.7. The number of anilines is 1. The molecule has 0 spiro atoms. The third kappa shape index (κ3) is 6.70. The van der Waals surface area contributed by atoms with Gasteiger partial charge in [0.2, 0.25) is 5.91 Å². The number of hydrogen-bond donors (Lipinski definition) is 1. The number of methoxy groups -OCH3 is 1. The highest BCUT2D eigenvalue weighted by Crippen LogP contribution is 2.38. The van der Waals surface area contributed by atoms with Gasteiger partial charge in [-0.2, -0.15) is 4.99 Å². The molecule has 1 aliphatic carbocycles. The Hall–Kier alpha value is -2.47. The molecule has 1 aromatic carbocycles. The fraction of sp³-hybridized carbons (Fsp3) is 0.462. The highest BCUT2D eigenvalue weighted by molar-refractivity contribution is 8.00. The molecule has 37 heavy (non-hydrogen) atoms. The molecule has 4 rings (SSSR count). The number of thioether (sulfide) groups is 1. The second kappa shape index (κ2) is 12.9. The Morgan fingerprint density at radius 1 is 1.16 bits per heavy atom. The third-order valence-electron chi connectivity index (χ3n) is 5.99. The van der Waals surface area contributed by atoms with Gasteiger partial charge in [0.15, 0.2) is 4.80 Å². The molecule has 8 nitrogen and oxygen atoms in total. The number of thiazole rings is 1. The molecule has 0 saturated heterocycles. The van der Waals surface area contributed by atoms with Crippen molar-refractivity contribution in [3.8, 4) is 0 Å². The lowest BCUT2D eigenvalue weighted by atomic mass is 9.95. The first-order valence-electron chi connectivity index (χ1n) is 12.3. The standard InChI is InChI=1S/C26H31N3O5S3/c1-4-34-12-11-29-18-10-9-16(2)13-20(18)37-26(29)28-22(31)15-35-14-21(30)27-24-23(25(32)33-3)17-7-5-6-8-19(17)36-24/h9-10,13H,4-8,11-12,14-15H2,1-3H3,(H,27,30). The SMILES string of the molecule is CCOCCn1c(=NC(=O)CSCC(=O)Nc2sc3c(c2C(=O)OC)CCCC3)sc2cc(C)ccc21. The normalized spacial score (nSPS) is 13.5. The largest absolute Gasteiger partial charge is 0.465 e. The van der Waals surface area contributed by atoms with Gasteiger partial charge in [-0.25, -0.2) is 4.79 Å². The van der Waals surface area contributed by atoms with Gasteiger partial charge in [0.1, 0.15) is 5.00 Å². The maximum absolute atomic E-state index is 12.7. The van der Waals surface area contributed by atoms with Crippen molar-refractivity contribution >= 4 is 67.4 Å². The van der Waals surface area contributed by atoms with Crippen LogP contribution in [0.4, 0.5) is 5.00 Å². The second-order valence-electron chi connectivity index (χ2n) is 8.66. The quantitative estimate of drug-likeness (QED) is 0.288. The molecule has 3 aromatic rings. The molecule has 2 aromatic heterocycles. The number of carbonyl (C=O) groups excluding carboxylic acids is 3. The van der Waals surface area contributed by atoms with Crippen molar-refractivity contribution in [3.63, 3.8) is 0 Å². The number of fused-ring (bicyclic) bond motifs is 2. The summed E-state index contributed by atoms with van der Waals surface area (Å²) in [6.45, 7) is 5.75. The van der Waals surface area contributed by atoms with Gasteiger partial charge in [0.25, 0.3) is 5.91 Å². The summed E-state index contributed by atoms with van der Waals surface area (Å²) in [6, 6.07) is 6.17. The summed E-state index contributed by atoms with van der Waals surface area (Å²) in [5.74, 6) is -0.816. The number of hydrogen-bond acceptors (Lipinski definition) is 8. The summed E-state index contributed by atoms with van der Waals surface area (Å²) >= 11 is 4.13. The van der Waals surface area contributed by atoms with Gasteiger partial charge >= 0.3 is 5.97 Å². The van der Waals surface area contributed by atoms with Crippen molar-refractivity contribution < 1.29 is 23.9 Å². The maximum Gasteiger partial charge on any atom is 0.341 e. The number of amides is 2. The average Bonchev–Trinajstić information content (AvgIpc) is 3.40. The van der Waals surface area contributed by atoms with Crippen LogP contribution in [-0.2, 0) is 38.4 Å². The number of aryl methyl sites for hydroxylation is 2. The molecule has 198 valence electrons. The smallest absolute Gasteiger partial charge is 0.341 e. The number of thiophene rings is 1. The van der Waals surface area contributed by atoms with E-state index < -0.39 is 5.97 Å². The van der Waals surface area contributed by atoms with E-state index in [1.54, 1.807) is 0 Å². The monoisotopic (exact) mass is 561 g/mol. The number of rotatable bonds is 10. The highest BCUT2D eigenvalue weighted by atomic mass is 32.2. The molecule has 0 radical (unpaired) electrons. The van der Waals surface area contributed by atoms with Crippen LogP contribution in [0.15, 0.2) is 23.2 Å². The number of ether oxygens (including phenoxy) is 2. The summed E-state index contributed by atoms with van der Waals surface area (Å²) < 4.78 is 13.6. The molecule has 11 heteroatoms. The Kier molecular flexibility index (Phi) is 9.58. The van der Waals surface area contributed by atoms with E-state index in [0.717, 1.165) is 51.9 Å². The number of nitrogens with zero attached hydrogens (tertiary/aromatic N) is 2. The summed E-state index contributed by atoms with van der Waals surface area (Å²) in [7, 11) is 1.35. The Bertz CT molecular complexity index is 1370. The highest BCUT2D eigenvalue weighted by Gasteiger charge is 2.26. The number of aromatic nitrogens is 1. The molecule has 0 atom stereocenters. The summed E-state index contributed by atoms with van der Waals surface area (Å²) in [6.07, 6.45) is 3.83. The van der Waals surface area contributed by atoms with Gasteiger partial charge in [0.05, 0.1) is 41.0 Å². The zero-order chi connectivity index (χ0) is 26.4. The first kappa shape index (κ1) is 27.6. The van der Waals surface area contributed by atoms with E-state index in [-0.39, 0.29) is 23.3 Å². The van der Waals surface area contributed by atoms with Crippen molar-refractivity contribution in [2.24, 2.45) is 4.99 Å². The minimum atomic E-state index is -0.424. The van der Waals surface area contributed by atoms with E-state index in [1.807, 2.05) is 30.5 Å². The number of esters is 1. The van der Waals surface area contributed by atoms with Gasteiger partial charge in [-0.15, -0.1) is 23.1 Å². The molecule has 0 saturated carbocycles. The van der Waals surface area contributed by atoms with E-state index in [4.69, 9.17) is 9.47 Å². The zero-order valence-electron chi connectivity index (χ0n) is 21.3. The van der Waals surface area contributed by atoms with Crippen LogP contribution in [0.5, 0.6) is 0 Å². The molecule has 2 amide bonds. The van der Waals surface area contributed by atoms with E-state index in [1.165, 1.54) is 41.5 Å². The molecular formula is C26H31N3O5S3. The minimum absolute atomic E-state index is 0.0803. The molecule has 1 N–H and O–H groups in total. The Balaban J connectivity index is 1.40. The van der Waals surface area contributed by atoms with E-state index in [0.29, 0.717) is 35.1 Å². The third-order valence-corrected chi connectivity index (χ3v) is 9.16. The van der Waals surface area contributed by atoms with Crippen LogP contribution >= 0.6 is 34.4 Å². The van der Waals surface area contributed by atoms with Crippen LogP contribution in [-0.4, -0.2) is 54.2 Å². The van der Waals surface area contributed by atoms with Gasteiger partial charge in [-0.1, -0.05) is 17.4 Å². The van der Waals surface area contributed by atoms with Crippen LogP contribution in [0, 0.1) is 6.92 Å². The lowest BCUT2D eigenvalue weighted by molar-refractivity contribution is -0.115.